The van der Waals surface area contributed by atoms with Crippen LogP contribution in [0.2, 0.25) is 10.2 Å². The normalized spacial score (nSPS) is 16.4. The van der Waals surface area contributed by atoms with Gasteiger partial charge in [0.15, 0.2) is 0 Å². The Morgan fingerprint density at radius 1 is 1.22 bits per heavy atom. The molecule has 5 nitrogen and oxygen atoms in total. The molecule has 7 heteroatoms. The van der Waals surface area contributed by atoms with Crippen LogP contribution in [-0.2, 0) is 0 Å². The first-order valence-corrected chi connectivity index (χ1v) is 8.42. The third-order valence-corrected chi connectivity index (χ3v) is 4.76. The first-order chi connectivity index (χ1) is 11.1. The lowest BCUT2D eigenvalue weighted by Crippen LogP contribution is -3.11. The van der Waals surface area contributed by atoms with Crippen LogP contribution in [0.25, 0.3) is 5.69 Å². The number of piperazine rings is 1. The first kappa shape index (κ1) is 16.3. The number of aromatic nitrogens is 2. The van der Waals surface area contributed by atoms with Crippen molar-refractivity contribution in [3.63, 3.8) is 0 Å². The van der Waals surface area contributed by atoms with Crippen molar-refractivity contribution in [1.82, 2.24) is 14.8 Å². The second-order valence-corrected chi connectivity index (χ2v) is 6.57. The van der Waals surface area contributed by atoms with Gasteiger partial charge in [0.1, 0.15) is 5.15 Å². The molecule has 0 atom stereocenters. The van der Waals surface area contributed by atoms with Gasteiger partial charge in [-0.2, -0.15) is 10.2 Å². The SMILES string of the molecule is Cc1nn(-c2ccccc2Cl)c(Cl)c1/C=N\N1CC[NH+](C)CC1. The molecule has 0 bridgehead atoms. The molecular weight excluding hydrogens is 333 g/mol. The minimum absolute atomic E-state index is 0.527. The topological polar surface area (TPSA) is 37.9 Å². The second-order valence-electron chi connectivity index (χ2n) is 5.81. The molecule has 2 aromatic rings. The van der Waals surface area contributed by atoms with Crippen LogP contribution in [0.5, 0.6) is 0 Å². The number of likely N-dealkylation sites (N-methyl/N-ethyl adjacent to an activating group) is 1. The van der Waals surface area contributed by atoms with Gasteiger partial charge in [-0.3, -0.25) is 5.01 Å². The zero-order chi connectivity index (χ0) is 16.4. The molecule has 1 fully saturated rings. The monoisotopic (exact) mass is 352 g/mol. The summed E-state index contributed by atoms with van der Waals surface area (Å²) in [7, 11) is 2.20. The fraction of sp³-hybridized carbons (Fsp3) is 0.375. The number of hydrazone groups is 1. The molecule has 0 amide bonds. The van der Waals surface area contributed by atoms with Crippen molar-refractivity contribution in [1.29, 1.82) is 0 Å². The van der Waals surface area contributed by atoms with Gasteiger partial charge in [-0.1, -0.05) is 35.3 Å². The highest BCUT2D eigenvalue weighted by molar-refractivity contribution is 6.34. The van der Waals surface area contributed by atoms with Crippen molar-refractivity contribution in [2.45, 2.75) is 6.92 Å². The number of nitrogens with one attached hydrogen (secondary N) is 1. The van der Waals surface area contributed by atoms with E-state index in [-0.39, 0.29) is 0 Å². The summed E-state index contributed by atoms with van der Waals surface area (Å²) in [6.07, 6.45) is 1.80. The van der Waals surface area contributed by atoms with E-state index in [0.717, 1.165) is 43.1 Å². The molecule has 3 rings (SSSR count). The molecule has 1 N–H and O–H groups in total. The van der Waals surface area contributed by atoms with Gasteiger partial charge >= 0.3 is 0 Å². The Morgan fingerprint density at radius 3 is 2.61 bits per heavy atom. The third-order valence-electron chi connectivity index (χ3n) is 4.07. The van der Waals surface area contributed by atoms with Crippen LogP contribution in [-0.4, -0.2) is 54.2 Å². The van der Waals surface area contributed by atoms with Crippen LogP contribution in [0.1, 0.15) is 11.3 Å². The highest BCUT2D eigenvalue weighted by Gasteiger charge is 2.17. The number of nitrogens with zero attached hydrogens (tertiary/aromatic N) is 4. The molecule has 0 unspecified atom stereocenters. The van der Waals surface area contributed by atoms with Gasteiger partial charge in [-0.15, -0.1) is 0 Å². The van der Waals surface area contributed by atoms with E-state index in [1.807, 2.05) is 31.2 Å². The molecule has 122 valence electrons. The minimum Gasteiger partial charge on any atom is -0.334 e. The lowest BCUT2D eigenvalue weighted by Gasteiger charge is -2.27. The van der Waals surface area contributed by atoms with E-state index >= 15 is 0 Å². The Labute approximate surface area is 146 Å². The first-order valence-electron chi connectivity index (χ1n) is 7.66. The van der Waals surface area contributed by atoms with Crippen molar-refractivity contribution in [3.8, 4) is 5.69 Å². The number of para-hydroxylation sites is 1. The number of aryl methyl sites for hydroxylation is 1. The summed E-state index contributed by atoms with van der Waals surface area (Å²) in [5.41, 5.74) is 2.43. The number of rotatable bonds is 3. The molecule has 0 radical (unpaired) electrons. The van der Waals surface area contributed by atoms with Crippen LogP contribution >= 0.6 is 23.2 Å². The molecule has 0 saturated carbocycles. The molecule has 1 aromatic carbocycles. The summed E-state index contributed by atoms with van der Waals surface area (Å²) in [6.45, 7) is 6.04. The van der Waals surface area contributed by atoms with Gasteiger partial charge in [0.2, 0.25) is 0 Å². The van der Waals surface area contributed by atoms with Gasteiger partial charge in [0.05, 0.1) is 61.4 Å². The number of hydrogen-bond donors (Lipinski definition) is 1. The lowest BCUT2D eigenvalue weighted by molar-refractivity contribution is -0.884. The van der Waals surface area contributed by atoms with Gasteiger partial charge < -0.3 is 4.90 Å². The average Bonchev–Trinajstić information content (AvgIpc) is 2.82. The average molecular weight is 353 g/mol. The van der Waals surface area contributed by atoms with E-state index in [4.69, 9.17) is 23.2 Å². The summed E-state index contributed by atoms with van der Waals surface area (Å²) >= 11 is 12.7. The van der Waals surface area contributed by atoms with Crippen LogP contribution in [0, 0.1) is 6.92 Å². The van der Waals surface area contributed by atoms with Crippen molar-refractivity contribution in [3.05, 3.63) is 45.7 Å². The molecule has 23 heavy (non-hydrogen) atoms. The van der Waals surface area contributed by atoms with Crippen molar-refractivity contribution in [2.24, 2.45) is 5.10 Å². The summed E-state index contributed by atoms with van der Waals surface area (Å²) in [6, 6.07) is 7.51. The Hall–Kier alpha value is -1.56. The van der Waals surface area contributed by atoms with Crippen molar-refractivity contribution < 1.29 is 4.90 Å². The zero-order valence-electron chi connectivity index (χ0n) is 13.3. The molecule has 0 spiro atoms. The summed E-state index contributed by atoms with van der Waals surface area (Å²) in [5.74, 6) is 0. The minimum atomic E-state index is 0.527. The molecule has 2 heterocycles. The fourth-order valence-corrected chi connectivity index (χ4v) is 3.10. The Kier molecular flexibility index (Phi) is 4.90. The smallest absolute Gasteiger partial charge is 0.142 e. The number of hydrogen-bond acceptors (Lipinski definition) is 3. The van der Waals surface area contributed by atoms with E-state index in [2.05, 4.69) is 22.3 Å². The van der Waals surface area contributed by atoms with Gasteiger partial charge in [0, 0.05) is 0 Å². The van der Waals surface area contributed by atoms with Crippen LogP contribution in [0.4, 0.5) is 0 Å². The van der Waals surface area contributed by atoms with E-state index in [9.17, 15) is 0 Å². The predicted octanol–water partition coefficient (Wildman–Crippen LogP) is 1.65. The maximum atomic E-state index is 6.50. The Morgan fingerprint density at radius 2 is 1.91 bits per heavy atom. The maximum Gasteiger partial charge on any atom is 0.142 e. The van der Waals surface area contributed by atoms with Crippen LogP contribution in [0.15, 0.2) is 29.4 Å². The van der Waals surface area contributed by atoms with E-state index < -0.39 is 0 Å². The summed E-state index contributed by atoms with van der Waals surface area (Å²) in [4.78, 5) is 1.54. The standard InChI is InChI=1S/C16H19Cl2N5/c1-12-13(11-19-22-9-7-21(2)8-10-22)16(18)23(20-12)15-6-4-3-5-14(15)17/h3-6,11H,7-10H2,1-2H3/p+1/b19-11-. The predicted molar refractivity (Wildman–Crippen MR) is 94.1 cm³/mol. The van der Waals surface area contributed by atoms with Gasteiger partial charge in [0.25, 0.3) is 0 Å². The van der Waals surface area contributed by atoms with E-state index in [1.54, 1.807) is 10.9 Å². The highest BCUT2D eigenvalue weighted by atomic mass is 35.5. The number of benzene rings is 1. The largest absolute Gasteiger partial charge is 0.334 e. The van der Waals surface area contributed by atoms with Gasteiger partial charge in [-0.25, -0.2) is 4.68 Å². The maximum absolute atomic E-state index is 6.50. The third kappa shape index (κ3) is 3.52. The number of halogens is 2. The molecule has 1 aromatic heterocycles. The highest BCUT2D eigenvalue weighted by Crippen LogP contribution is 2.26. The van der Waals surface area contributed by atoms with Gasteiger partial charge in [-0.05, 0) is 19.1 Å². The molecular formula is C16H20Cl2N5+. The molecule has 0 aliphatic carbocycles. The zero-order valence-corrected chi connectivity index (χ0v) is 14.8. The van der Waals surface area contributed by atoms with Crippen molar-refractivity contribution >= 4 is 29.4 Å². The summed E-state index contributed by atoms with van der Waals surface area (Å²) < 4.78 is 1.66. The van der Waals surface area contributed by atoms with Crippen LogP contribution < -0.4 is 4.90 Å². The van der Waals surface area contributed by atoms with Crippen LogP contribution in [0.3, 0.4) is 0 Å². The molecule has 1 aliphatic heterocycles. The Balaban J connectivity index is 1.85. The Bertz CT molecular complexity index is 717. The molecule has 1 aliphatic rings. The fourth-order valence-electron chi connectivity index (χ4n) is 2.57. The molecule has 1 saturated heterocycles. The van der Waals surface area contributed by atoms with E-state index in [1.165, 1.54) is 4.90 Å². The lowest BCUT2D eigenvalue weighted by atomic mass is 10.3. The number of quaternary nitrogens is 1. The van der Waals surface area contributed by atoms with E-state index in [0.29, 0.717) is 10.2 Å². The van der Waals surface area contributed by atoms with Crippen molar-refractivity contribution in [2.75, 3.05) is 33.2 Å². The summed E-state index contributed by atoms with van der Waals surface area (Å²) in [5, 5.41) is 12.3. The second kappa shape index (κ2) is 6.91. The quantitative estimate of drug-likeness (QED) is 0.853.